The van der Waals surface area contributed by atoms with Gasteiger partial charge in [0.25, 0.3) is 0 Å². The standard InChI is InChI=1S/C15H20N2OS/c1-2-7-17-10-11(9-16-17)15(18)13-4-3-5-14-12(13)6-8-19-14/h6,8-10,13,15,18H,2-5,7H2,1H3. The highest BCUT2D eigenvalue weighted by Gasteiger charge is 2.29. The van der Waals surface area contributed by atoms with Crippen molar-refractivity contribution in [1.82, 2.24) is 9.78 Å². The minimum Gasteiger partial charge on any atom is -0.388 e. The topological polar surface area (TPSA) is 38.0 Å². The van der Waals surface area contributed by atoms with Crippen molar-refractivity contribution in [3.05, 3.63) is 39.8 Å². The largest absolute Gasteiger partial charge is 0.388 e. The van der Waals surface area contributed by atoms with Crippen molar-refractivity contribution in [1.29, 1.82) is 0 Å². The number of aromatic nitrogens is 2. The predicted molar refractivity (Wildman–Crippen MR) is 77.5 cm³/mol. The Morgan fingerprint density at radius 3 is 3.32 bits per heavy atom. The molecule has 2 aromatic heterocycles. The van der Waals surface area contributed by atoms with E-state index in [1.807, 2.05) is 28.4 Å². The first-order chi connectivity index (χ1) is 9.29. The van der Waals surface area contributed by atoms with Gasteiger partial charge in [0.05, 0.1) is 12.3 Å². The summed E-state index contributed by atoms with van der Waals surface area (Å²) in [6.07, 6.45) is 7.89. The van der Waals surface area contributed by atoms with E-state index in [9.17, 15) is 5.11 Å². The fraction of sp³-hybridized carbons (Fsp3) is 0.533. The van der Waals surface area contributed by atoms with Gasteiger partial charge in [0.1, 0.15) is 0 Å². The SMILES string of the molecule is CCCn1cc(C(O)C2CCCc3sccc32)cn1. The molecule has 19 heavy (non-hydrogen) atoms. The lowest BCUT2D eigenvalue weighted by Gasteiger charge is -2.26. The van der Waals surface area contributed by atoms with Crippen LogP contribution in [0.15, 0.2) is 23.8 Å². The Morgan fingerprint density at radius 1 is 1.58 bits per heavy atom. The monoisotopic (exact) mass is 276 g/mol. The van der Waals surface area contributed by atoms with Gasteiger partial charge in [-0.3, -0.25) is 4.68 Å². The third-order valence-electron chi connectivity index (χ3n) is 3.93. The maximum Gasteiger partial charge on any atom is 0.0889 e. The summed E-state index contributed by atoms with van der Waals surface area (Å²) < 4.78 is 1.93. The molecular formula is C15H20N2OS. The van der Waals surface area contributed by atoms with Gasteiger partial charge in [-0.25, -0.2) is 0 Å². The Labute approximate surface area is 117 Å². The van der Waals surface area contributed by atoms with Crippen LogP contribution in [0.25, 0.3) is 0 Å². The second kappa shape index (κ2) is 5.47. The van der Waals surface area contributed by atoms with Gasteiger partial charge in [-0.2, -0.15) is 5.10 Å². The van der Waals surface area contributed by atoms with E-state index in [1.54, 1.807) is 0 Å². The molecule has 0 bridgehead atoms. The van der Waals surface area contributed by atoms with Gasteiger partial charge in [-0.05, 0) is 42.7 Å². The van der Waals surface area contributed by atoms with Crippen molar-refractivity contribution < 1.29 is 5.11 Å². The Balaban J connectivity index is 1.82. The second-order valence-electron chi connectivity index (χ2n) is 5.28. The summed E-state index contributed by atoms with van der Waals surface area (Å²) in [6.45, 7) is 3.05. The molecule has 0 fully saturated rings. The van der Waals surface area contributed by atoms with Crippen molar-refractivity contribution in [2.24, 2.45) is 0 Å². The van der Waals surface area contributed by atoms with Gasteiger partial charge in [-0.15, -0.1) is 11.3 Å². The molecular weight excluding hydrogens is 256 g/mol. The number of hydrogen-bond donors (Lipinski definition) is 1. The molecule has 1 aliphatic rings. The van der Waals surface area contributed by atoms with E-state index in [1.165, 1.54) is 23.3 Å². The molecule has 102 valence electrons. The normalized spacial score (nSPS) is 20.2. The molecule has 0 aliphatic heterocycles. The molecule has 0 radical (unpaired) electrons. The van der Waals surface area contributed by atoms with Crippen molar-refractivity contribution in [3.8, 4) is 0 Å². The van der Waals surface area contributed by atoms with Crippen LogP contribution in [0.2, 0.25) is 0 Å². The molecule has 1 N–H and O–H groups in total. The zero-order valence-electron chi connectivity index (χ0n) is 11.2. The second-order valence-corrected chi connectivity index (χ2v) is 6.28. The fourth-order valence-corrected chi connectivity index (χ4v) is 3.96. The van der Waals surface area contributed by atoms with E-state index in [-0.39, 0.29) is 5.92 Å². The summed E-state index contributed by atoms with van der Waals surface area (Å²) in [5.74, 6) is 0.245. The highest BCUT2D eigenvalue weighted by molar-refractivity contribution is 7.10. The van der Waals surface area contributed by atoms with Gasteiger partial charge >= 0.3 is 0 Å². The molecule has 2 aromatic rings. The number of fused-ring (bicyclic) bond motifs is 1. The molecule has 3 rings (SSSR count). The van der Waals surface area contributed by atoms with Gasteiger partial charge < -0.3 is 5.11 Å². The first-order valence-corrected chi connectivity index (χ1v) is 7.94. The lowest BCUT2D eigenvalue weighted by Crippen LogP contribution is -2.15. The van der Waals surface area contributed by atoms with Crippen LogP contribution in [0.1, 0.15) is 54.2 Å². The average Bonchev–Trinajstić information content (AvgIpc) is 3.06. The zero-order chi connectivity index (χ0) is 13.2. The Hall–Kier alpha value is -1.13. The maximum atomic E-state index is 10.6. The van der Waals surface area contributed by atoms with E-state index in [2.05, 4.69) is 23.5 Å². The molecule has 1 aliphatic carbocycles. The van der Waals surface area contributed by atoms with E-state index in [0.29, 0.717) is 0 Å². The van der Waals surface area contributed by atoms with Crippen molar-refractivity contribution in [2.45, 2.75) is 51.2 Å². The quantitative estimate of drug-likeness (QED) is 0.928. The summed E-state index contributed by atoms with van der Waals surface area (Å²) in [5.41, 5.74) is 2.31. The fourth-order valence-electron chi connectivity index (χ4n) is 2.97. The van der Waals surface area contributed by atoms with Crippen LogP contribution in [0.4, 0.5) is 0 Å². The average molecular weight is 276 g/mol. The molecule has 2 atom stereocenters. The summed E-state index contributed by atoms with van der Waals surface area (Å²) in [5, 5.41) is 17.1. The van der Waals surface area contributed by atoms with Crippen LogP contribution >= 0.6 is 11.3 Å². The Bertz CT molecular complexity index is 546. The van der Waals surface area contributed by atoms with Crippen molar-refractivity contribution >= 4 is 11.3 Å². The van der Waals surface area contributed by atoms with E-state index < -0.39 is 6.10 Å². The van der Waals surface area contributed by atoms with Gasteiger partial charge in [-0.1, -0.05) is 6.92 Å². The molecule has 0 aromatic carbocycles. The third kappa shape index (κ3) is 2.47. The van der Waals surface area contributed by atoms with Crippen LogP contribution < -0.4 is 0 Å². The number of nitrogens with zero attached hydrogens (tertiary/aromatic N) is 2. The molecule has 0 saturated carbocycles. The number of aliphatic hydroxyl groups is 1. The highest BCUT2D eigenvalue weighted by Crippen LogP contribution is 2.42. The van der Waals surface area contributed by atoms with E-state index in [0.717, 1.165) is 24.9 Å². The van der Waals surface area contributed by atoms with E-state index >= 15 is 0 Å². The first kappa shape index (κ1) is 12.9. The van der Waals surface area contributed by atoms with Gasteiger partial charge in [0.15, 0.2) is 0 Å². The van der Waals surface area contributed by atoms with Crippen LogP contribution in [0, 0.1) is 0 Å². The Kier molecular flexibility index (Phi) is 3.71. The molecule has 2 heterocycles. The minimum absolute atomic E-state index is 0.245. The molecule has 0 spiro atoms. The van der Waals surface area contributed by atoms with Crippen LogP contribution in [-0.4, -0.2) is 14.9 Å². The van der Waals surface area contributed by atoms with Crippen LogP contribution in [0.5, 0.6) is 0 Å². The summed E-state index contributed by atoms with van der Waals surface area (Å²) in [6, 6.07) is 2.18. The van der Waals surface area contributed by atoms with Crippen molar-refractivity contribution in [3.63, 3.8) is 0 Å². The molecule has 3 nitrogen and oxygen atoms in total. The smallest absolute Gasteiger partial charge is 0.0889 e. The molecule has 0 amide bonds. The summed E-state index contributed by atoms with van der Waals surface area (Å²) in [7, 11) is 0. The van der Waals surface area contributed by atoms with Crippen LogP contribution in [0.3, 0.4) is 0 Å². The number of rotatable bonds is 4. The van der Waals surface area contributed by atoms with Gasteiger partial charge in [0, 0.05) is 29.1 Å². The number of hydrogen-bond acceptors (Lipinski definition) is 3. The van der Waals surface area contributed by atoms with Crippen molar-refractivity contribution in [2.75, 3.05) is 0 Å². The lowest BCUT2D eigenvalue weighted by molar-refractivity contribution is 0.136. The number of aryl methyl sites for hydroxylation is 2. The number of thiophene rings is 1. The highest BCUT2D eigenvalue weighted by atomic mass is 32.1. The lowest BCUT2D eigenvalue weighted by atomic mass is 9.82. The third-order valence-corrected chi connectivity index (χ3v) is 4.92. The molecule has 2 unspecified atom stereocenters. The number of aliphatic hydroxyl groups excluding tert-OH is 1. The summed E-state index contributed by atoms with van der Waals surface area (Å²) >= 11 is 1.82. The summed E-state index contributed by atoms with van der Waals surface area (Å²) in [4.78, 5) is 1.45. The predicted octanol–water partition coefficient (Wildman–Crippen LogP) is 3.51. The van der Waals surface area contributed by atoms with E-state index in [4.69, 9.17) is 0 Å². The Morgan fingerprint density at radius 2 is 2.47 bits per heavy atom. The molecule has 4 heteroatoms. The maximum absolute atomic E-state index is 10.6. The zero-order valence-corrected chi connectivity index (χ0v) is 12.1. The van der Waals surface area contributed by atoms with Gasteiger partial charge in [0.2, 0.25) is 0 Å². The first-order valence-electron chi connectivity index (χ1n) is 7.06. The minimum atomic E-state index is -0.417. The van der Waals surface area contributed by atoms with Crippen LogP contribution in [-0.2, 0) is 13.0 Å². The molecule has 0 saturated heterocycles.